The molecule has 2 bridgehead atoms. The number of nitrogens with one attached hydrogen (secondary N) is 1. The number of fused-ring (bicyclic) bond motifs is 3. The Bertz CT molecular complexity index is 1100. The molecule has 7 rings (SSSR count). The number of nitrogens with zero attached hydrogens (tertiary/aromatic N) is 4. The summed E-state index contributed by atoms with van der Waals surface area (Å²) >= 11 is 0. The first-order valence-electron chi connectivity index (χ1n) is 11.7. The molecule has 4 fully saturated rings. The zero-order valence-corrected chi connectivity index (χ0v) is 18.5. The van der Waals surface area contributed by atoms with Gasteiger partial charge in [-0.05, 0) is 75.0 Å². The van der Waals surface area contributed by atoms with Gasteiger partial charge in [0.15, 0.2) is 5.82 Å². The van der Waals surface area contributed by atoms with Crippen molar-refractivity contribution >= 4 is 5.69 Å². The molecule has 3 aromatic rings. The molecule has 0 spiro atoms. The van der Waals surface area contributed by atoms with E-state index in [-0.39, 0.29) is 5.41 Å². The minimum atomic E-state index is 0.119. The van der Waals surface area contributed by atoms with Crippen molar-refractivity contribution in [2.75, 3.05) is 19.0 Å². The molecule has 0 atom stereocenters. The molecule has 0 unspecified atom stereocenters. The van der Waals surface area contributed by atoms with Crippen molar-refractivity contribution in [2.45, 2.75) is 62.7 Å². The summed E-state index contributed by atoms with van der Waals surface area (Å²) in [7, 11) is 1.59. The number of ether oxygens (including phenoxy) is 1. The summed E-state index contributed by atoms with van der Waals surface area (Å²) in [5, 5.41) is 8.01. The van der Waals surface area contributed by atoms with Crippen molar-refractivity contribution in [1.82, 2.24) is 20.1 Å². The van der Waals surface area contributed by atoms with Gasteiger partial charge in [0.25, 0.3) is 0 Å². The van der Waals surface area contributed by atoms with Crippen LogP contribution in [0, 0.1) is 5.41 Å². The van der Waals surface area contributed by atoms with Gasteiger partial charge in [0.2, 0.25) is 5.89 Å². The summed E-state index contributed by atoms with van der Waals surface area (Å²) in [6.07, 6.45) is 11.3. The molecule has 0 amide bonds. The summed E-state index contributed by atoms with van der Waals surface area (Å²) in [6, 6.07) is 10.7. The molecule has 7 nitrogen and oxygen atoms in total. The average molecular weight is 432 g/mol. The van der Waals surface area contributed by atoms with Gasteiger partial charge in [0.05, 0.1) is 12.8 Å². The van der Waals surface area contributed by atoms with E-state index >= 15 is 0 Å². The van der Waals surface area contributed by atoms with Gasteiger partial charge in [-0.2, -0.15) is 9.97 Å². The first-order valence-corrected chi connectivity index (χ1v) is 11.7. The number of anilines is 1. The van der Waals surface area contributed by atoms with Crippen LogP contribution in [0.15, 0.2) is 41.1 Å². The zero-order chi connectivity index (χ0) is 21.6. The Labute approximate surface area is 188 Å². The van der Waals surface area contributed by atoms with E-state index in [9.17, 15) is 0 Å². The van der Waals surface area contributed by atoms with Gasteiger partial charge in [0, 0.05) is 35.3 Å². The quantitative estimate of drug-likeness (QED) is 0.556. The number of hydrogen-bond donors (Lipinski definition) is 1. The van der Waals surface area contributed by atoms with Crippen LogP contribution in [0.25, 0.3) is 11.3 Å². The fraction of sp³-hybridized carbons (Fsp3) is 0.520. The summed E-state index contributed by atoms with van der Waals surface area (Å²) in [5.41, 5.74) is 3.53. The van der Waals surface area contributed by atoms with Crippen molar-refractivity contribution in [2.24, 2.45) is 5.41 Å². The Kier molecular flexibility index (Phi) is 4.66. The minimum Gasteiger partial charge on any atom is -0.467 e. The van der Waals surface area contributed by atoms with Gasteiger partial charge < -0.3 is 14.6 Å². The second-order valence-corrected chi connectivity index (χ2v) is 9.88. The van der Waals surface area contributed by atoms with Gasteiger partial charge in [-0.1, -0.05) is 17.3 Å². The zero-order valence-electron chi connectivity index (χ0n) is 18.5. The molecule has 166 valence electrons. The van der Waals surface area contributed by atoms with Crippen LogP contribution in [-0.2, 0) is 5.41 Å². The van der Waals surface area contributed by atoms with Crippen molar-refractivity contribution in [1.29, 1.82) is 0 Å². The molecular weight excluding hydrogens is 402 g/mol. The maximum atomic E-state index is 5.76. The highest BCUT2D eigenvalue weighted by Gasteiger charge is 2.52. The Hall–Kier alpha value is -2.96. The predicted molar refractivity (Wildman–Crippen MR) is 121 cm³/mol. The van der Waals surface area contributed by atoms with Crippen molar-refractivity contribution in [3.63, 3.8) is 0 Å². The minimum absolute atomic E-state index is 0.119. The third-order valence-electron chi connectivity index (χ3n) is 7.88. The van der Waals surface area contributed by atoms with E-state index in [1.807, 2.05) is 6.07 Å². The maximum Gasteiger partial charge on any atom is 0.316 e. The molecule has 4 aliphatic rings. The molecule has 7 heteroatoms. The summed E-state index contributed by atoms with van der Waals surface area (Å²) < 4.78 is 10.9. The highest BCUT2D eigenvalue weighted by molar-refractivity contribution is 5.65. The van der Waals surface area contributed by atoms with Crippen LogP contribution < -0.4 is 10.1 Å². The van der Waals surface area contributed by atoms with Crippen molar-refractivity contribution < 1.29 is 9.26 Å². The molecule has 4 saturated carbocycles. The Balaban J connectivity index is 1.12. The van der Waals surface area contributed by atoms with E-state index in [0.717, 1.165) is 54.5 Å². The van der Waals surface area contributed by atoms with Crippen LogP contribution in [0.5, 0.6) is 6.01 Å². The van der Waals surface area contributed by atoms with E-state index in [4.69, 9.17) is 14.2 Å². The van der Waals surface area contributed by atoms with Gasteiger partial charge in [-0.25, -0.2) is 4.98 Å². The molecule has 2 aromatic heterocycles. The molecule has 32 heavy (non-hydrogen) atoms. The van der Waals surface area contributed by atoms with E-state index in [0.29, 0.717) is 17.3 Å². The second-order valence-electron chi connectivity index (χ2n) is 9.88. The third-order valence-corrected chi connectivity index (χ3v) is 7.88. The van der Waals surface area contributed by atoms with Gasteiger partial charge in [0.1, 0.15) is 0 Å². The fourth-order valence-electron chi connectivity index (χ4n) is 5.48. The SMILES string of the molecule is COc1nccc(-c2cccc(NCC34CCC(c5nc(C6CC6)no5)(CC3)CC4)c2)n1. The smallest absolute Gasteiger partial charge is 0.316 e. The van der Waals surface area contributed by atoms with Crippen LogP contribution >= 0.6 is 0 Å². The molecule has 2 heterocycles. The van der Waals surface area contributed by atoms with E-state index in [1.54, 1.807) is 13.3 Å². The largest absolute Gasteiger partial charge is 0.467 e. The lowest BCUT2D eigenvalue weighted by Gasteiger charge is -2.52. The van der Waals surface area contributed by atoms with Crippen LogP contribution in [-0.4, -0.2) is 33.8 Å². The van der Waals surface area contributed by atoms with Crippen LogP contribution in [0.1, 0.15) is 69.0 Å². The molecule has 1 N–H and O–H groups in total. The Morgan fingerprint density at radius 1 is 1.06 bits per heavy atom. The summed E-state index contributed by atoms with van der Waals surface area (Å²) in [5.74, 6) is 2.41. The fourth-order valence-corrected chi connectivity index (χ4v) is 5.48. The average Bonchev–Trinajstić information content (AvgIpc) is 3.60. The van der Waals surface area contributed by atoms with Crippen molar-refractivity contribution in [3.8, 4) is 17.3 Å². The number of hydrogen-bond acceptors (Lipinski definition) is 7. The van der Waals surface area contributed by atoms with E-state index < -0.39 is 0 Å². The third kappa shape index (κ3) is 3.53. The molecule has 0 saturated heterocycles. The first-order chi connectivity index (χ1) is 15.7. The number of benzene rings is 1. The highest BCUT2D eigenvalue weighted by atomic mass is 16.5. The Morgan fingerprint density at radius 3 is 2.62 bits per heavy atom. The highest BCUT2D eigenvalue weighted by Crippen LogP contribution is 2.57. The molecule has 0 aliphatic heterocycles. The van der Waals surface area contributed by atoms with Crippen LogP contribution in [0.2, 0.25) is 0 Å². The number of aromatic nitrogens is 4. The summed E-state index contributed by atoms with van der Waals surface area (Å²) in [6.45, 7) is 0.997. The van der Waals surface area contributed by atoms with Gasteiger partial charge in [-0.15, -0.1) is 0 Å². The second kappa shape index (κ2) is 7.57. The molecular formula is C25H29N5O2. The number of methoxy groups -OCH3 is 1. The summed E-state index contributed by atoms with van der Waals surface area (Å²) in [4.78, 5) is 13.4. The molecule has 1 aromatic carbocycles. The van der Waals surface area contributed by atoms with Crippen molar-refractivity contribution in [3.05, 3.63) is 48.2 Å². The van der Waals surface area contributed by atoms with E-state index in [2.05, 4.69) is 44.7 Å². The van der Waals surface area contributed by atoms with Crippen LogP contribution in [0.3, 0.4) is 0 Å². The monoisotopic (exact) mass is 431 g/mol. The lowest BCUT2D eigenvalue weighted by atomic mass is 9.53. The predicted octanol–water partition coefficient (Wildman–Crippen LogP) is 5.12. The number of rotatable bonds is 7. The standard InChI is InChI=1S/C25H29N5O2/c1-31-23-26-14-7-20(28-23)18-3-2-4-19(15-18)27-16-24-8-11-25(12-9-24,13-10-24)22-29-21(30-32-22)17-5-6-17/h2-4,7,14-15,17,27H,5-6,8-13,16H2,1H3. The van der Waals surface area contributed by atoms with E-state index in [1.165, 1.54) is 32.1 Å². The first kappa shape index (κ1) is 19.7. The van der Waals surface area contributed by atoms with Gasteiger partial charge in [-0.3, -0.25) is 0 Å². The topological polar surface area (TPSA) is 86.0 Å². The maximum absolute atomic E-state index is 5.76. The normalized spacial score (nSPS) is 26.8. The lowest BCUT2D eigenvalue weighted by Crippen LogP contribution is -2.47. The Morgan fingerprint density at radius 2 is 1.88 bits per heavy atom. The van der Waals surface area contributed by atoms with Crippen LogP contribution in [0.4, 0.5) is 5.69 Å². The molecule has 0 radical (unpaired) electrons. The lowest BCUT2D eigenvalue weighted by molar-refractivity contribution is 0.0322. The van der Waals surface area contributed by atoms with Gasteiger partial charge >= 0.3 is 6.01 Å². The molecule has 4 aliphatic carbocycles.